The number of nitrogens with zero attached hydrogens (tertiary/aromatic N) is 1. The van der Waals surface area contributed by atoms with Crippen molar-refractivity contribution in [3.05, 3.63) is 113 Å². The van der Waals surface area contributed by atoms with Gasteiger partial charge >= 0.3 is 0 Å². The fourth-order valence-electron chi connectivity index (χ4n) is 3.36. The highest BCUT2D eigenvalue weighted by Crippen LogP contribution is 2.33. The zero-order valence-corrected chi connectivity index (χ0v) is 14.9. The zero-order chi connectivity index (χ0) is 19.5. The number of aromatic nitrogens is 1. The second kappa shape index (κ2) is 7.61. The number of halogens is 2. The maximum atomic E-state index is 14.0. The van der Waals surface area contributed by atoms with E-state index < -0.39 is 12.0 Å². The zero-order valence-electron chi connectivity index (χ0n) is 14.9. The molecule has 0 amide bonds. The Bertz CT molecular complexity index is 1140. The Morgan fingerprint density at radius 2 is 1.18 bits per heavy atom. The third-order valence-corrected chi connectivity index (χ3v) is 4.62. The van der Waals surface area contributed by atoms with Gasteiger partial charge in [0.25, 0.3) is 12.0 Å². The van der Waals surface area contributed by atoms with E-state index in [1.54, 1.807) is 30.3 Å². The fourth-order valence-corrected chi connectivity index (χ4v) is 3.36. The van der Waals surface area contributed by atoms with Gasteiger partial charge in [0.2, 0.25) is 0 Å². The Morgan fingerprint density at radius 1 is 0.679 bits per heavy atom. The number of hydrogen-bond acceptors (Lipinski definition) is 1. The average Bonchev–Trinajstić information content (AvgIpc) is 2.74. The second-order valence-corrected chi connectivity index (χ2v) is 6.37. The van der Waals surface area contributed by atoms with Crippen LogP contribution in [0.1, 0.15) is 12.1 Å². The van der Waals surface area contributed by atoms with E-state index in [0.29, 0.717) is 22.4 Å². The molecule has 0 aliphatic carbocycles. The molecule has 1 heterocycles. The summed E-state index contributed by atoms with van der Waals surface area (Å²) >= 11 is 0. The van der Waals surface area contributed by atoms with Gasteiger partial charge in [-0.25, -0.2) is 8.78 Å². The van der Waals surface area contributed by atoms with Crippen LogP contribution in [0.15, 0.2) is 102 Å². The van der Waals surface area contributed by atoms with Gasteiger partial charge in [0.05, 0.1) is 11.3 Å². The summed E-state index contributed by atoms with van der Waals surface area (Å²) < 4.78 is 29.0. The lowest BCUT2D eigenvalue weighted by molar-refractivity contribution is 0.143. The van der Waals surface area contributed by atoms with E-state index in [-0.39, 0.29) is 5.69 Å². The number of alkyl halides is 2. The minimum absolute atomic E-state index is 0.324. The molecule has 1 aromatic heterocycles. The molecule has 0 radical (unpaired) electrons. The van der Waals surface area contributed by atoms with Gasteiger partial charge in [0.15, 0.2) is 0 Å². The predicted octanol–water partition coefficient (Wildman–Crippen LogP) is 6.11. The van der Waals surface area contributed by atoms with Crippen molar-refractivity contribution in [2.24, 2.45) is 0 Å². The van der Waals surface area contributed by atoms with Crippen molar-refractivity contribution >= 4 is 0 Å². The summed E-state index contributed by atoms with van der Waals surface area (Å²) in [4.78, 5) is 13.5. The van der Waals surface area contributed by atoms with Crippen LogP contribution in [0.3, 0.4) is 0 Å². The van der Waals surface area contributed by atoms with Gasteiger partial charge in [-0.3, -0.25) is 9.36 Å². The summed E-state index contributed by atoms with van der Waals surface area (Å²) in [5.74, 6) is 0. The van der Waals surface area contributed by atoms with Crippen LogP contribution in [0, 0.1) is 0 Å². The van der Waals surface area contributed by atoms with Crippen LogP contribution in [0.25, 0.3) is 27.9 Å². The highest BCUT2D eigenvalue weighted by molar-refractivity contribution is 5.83. The first kappa shape index (κ1) is 17.9. The van der Waals surface area contributed by atoms with Crippen molar-refractivity contribution in [2.45, 2.75) is 6.43 Å². The van der Waals surface area contributed by atoms with Crippen LogP contribution >= 0.6 is 0 Å². The van der Waals surface area contributed by atoms with E-state index in [1.807, 2.05) is 60.7 Å². The second-order valence-electron chi connectivity index (χ2n) is 6.37. The number of rotatable bonds is 4. The Morgan fingerprint density at radius 3 is 1.71 bits per heavy atom. The Hall–Kier alpha value is -3.53. The van der Waals surface area contributed by atoms with E-state index >= 15 is 0 Å². The fraction of sp³-hybridized carbons (Fsp3) is 0.0417. The van der Waals surface area contributed by atoms with Crippen molar-refractivity contribution in [3.63, 3.8) is 0 Å². The minimum atomic E-state index is -2.79. The van der Waals surface area contributed by atoms with Crippen molar-refractivity contribution in [1.82, 2.24) is 4.57 Å². The molecular formula is C24H17F2NO. The first-order valence-corrected chi connectivity index (χ1v) is 8.91. The maximum absolute atomic E-state index is 14.0. The molecule has 0 aliphatic rings. The molecular weight excluding hydrogens is 356 g/mol. The average molecular weight is 373 g/mol. The van der Waals surface area contributed by atoms with Gasteiger partial charge in [0.1, 0.15) is 0 Å². The van der Waals surface area contributed by atoms with Crippen LogP contribution in [0.4, 0.5) is 8.78 Å². The molecule has 4 aromatic rings. The summed E-state index contributed by atoms with van der Waals surface area (Å²) in [5.41, 5.74) is 1.94. The third-order valence-electron chi connectivity index (χ3n) is 4.62. The van der Waals surface area contributed by atoms with Gasteiger partial charge in [-0.15, -0.1) is 0 Å². The van der Waals surface area contributed by atoms with Crippen LogP contribution in [-0.2, 0) is 0 Å². The number of pyridine rings is 1. The minimum Gasteiger partial charge on any atom is -0.275 e. The quantitative estimate of drug-likeness (QED) is 0.423. The SMILES string of the molecule is O=c1c(-c2ccccc2)c(-c2ccccc2)cc(C(F)F)n1-c1ccccc1. The summed E-state index contributed by atoms with van der Waals surface area (Å²) in [6, 6.07) is 28.3. The molecule has 0 fully saturated rings. The third kappa shape index (κ3) is 3.25. The van der Waals surface area contributed by atoms with Crippen LogP contribution in [0.2, 0.25) is 0 Å². The van der Waals surface area contributed by atoms with E-state index in [2.05, 4.69) is 0 Å². The lowest BCUT2D eigenvalue weighted by Crippen LogP contribution is -2.24. The topological polar surface area (TPSA) is 22.0 Å². The van der Waals surface area contributed by atoms with Crippen LogP contribution < -0.4 is 5.56 Å². The highest BCUT2D eigenvalue weighted by Gasteiger charge is 2.22. The lowest BCUT2D eigenvalue weighted by Gasteiger charge is -2.18. The molecule has 0 bridgehead atoms. The molecule has 2 nitrogen and oxygen atoms in total. The summed E-state index contributed by atoms with van der Waals surface area (Å²) in [6.45, 7) is 0. The van der Waals surface area contributed by atoms with Crippen LogP contribution in [-0.4, -0.2) is 4.57 Å². The normalized spacial score (nSPS) is 11.0. The van der Waals surface area contributed by atoms with Gasteiger partial charge in [-0.2, -0.15) is 0 Å². The molecule has 0 saturated carbocycles. The number of para-hydroxylation sites is 1. The predicted molar refractivity (Wildman–Crippen MR) is 108 cm³/mol. The molecule has 4 heteroatoms. The molecule has 0 atom stereocenters. The van der Waals surface area contributed by atoms with Crippen molar-refractivity contribution in [2.75, 3.05) is 0 Å². The smallest absolute Gasteiger partial charge is 0.275 e. The highest BCUT2D eigenvalue weighted by atomic mass is 19.3. The van der Waals surface area contributed by atoms with Crippen molar-refractivity contribution < 1.29 is 8.78 Å². The van der Waals surface area contributed by atoms with Gasteiger partial charge < -0.3 is 0 Å². The number of benzene rings is 3. The Labute approximate surface area is 161 Å². The summed E-state index contributed by atoms with van der Waals surface area (Å²) in [7, 11) is 0. The van der Waals surface area contributed by atoms with Gasteiger partial charge in [-0.05, 0) is 34.9 Å². The first-order valence-electron chi connectivity index (χ1n) is 8.91. The molecule has 3 aromatic carbocycles. The van der Waals surface area contributed by atoms with E-state index in [9.17, 15) is 13.6 Å². The summed E-state index contributed by atoms with van der Waals surface area (Å²) in [5, 5.41) is 0. The molecule has 0 aliphatic heterocycles. The van der Waals surface area contributed by atoms with Gasteiger partial charge in [0, 0.05) is 5.69 Å². The van der Waals surface area contributed by atoms with Crippen LogP contribution in [0.5, 0.6) is 0 Å². The van der Waals surface area contributed by atoms with E-state index in [0.717, 1.165) is 10.1 Å². The Kier molecular flexibility index (Phi) is 4.85. The molecule has 28 heavy (non-hydrogen) atoms. The monoisotopic (exact) mass is 373 g/mol. The molecule has 0 N–H and O–H groups in total. The van der Waals surface area contributed by atoms with Crippen molar-refractivity contribution in [3.8, 4) is 27.9 Å². The molecule has 0 unspecified atom stereocenters. The lowest BCUT2D eigenvalue weighted by atomic mass is 9.95. The number of hydrogen-bond donors (Lipinski definition) is 0. The van der Waals surface area contributed by atoms with E-state index in [1.165, 1.54) is 6.07 Å². The molecule has 138 valence electrons. The maximum Gasteiger partial charge on any atom is 0.278 e. The van der Waals surface area contributed by atoms with Crippen molar-refractivity contribution in [1.29, 1.82) is 0 Å². The van der Waals surface area contributed by atoms with E-state index in [4.69, 9.17) is 0 Å². The Balaban J connectivity index is 2.12. The molecule has 0 saturated heterocycles. The standard InChI is InChI=1S/C24H17F2NO/c25-23(26)21-16-20(17-10-4-1-5-11-17)22(18-12-6-2-7-13-18)24(28)27(21)19-14-8-3-9-15-19/h1-16,23H. The summed E-state index contributed by atoms with van der Waals surface area (Å²) in [6.07, 6.45) is -2.79. The first-order chi connectivity index (χ1) is 13.7. The molecule has 0 spiro atoms. The largest absolute Gasteiger partial charge is 0.278 e. The molecule has 4 rings (SSSR count). The van der Waals surface area contributed by atoms with Gasteiger partial charge in [-0.1, -0.05) is 78.9 Å².